The summed E-state index contributed by atoms with van der Waals surface area (Å²) in [6, 6.07) is 0. The number of hydrogen-bond acceptors (Lipinski definition) is 5. The molecule has 5 heteroatoms. The zero-order valence-electron chi connectivity index (χ0n) is 18.5. The molecule has 0 unspecified atom stereocenters. The van der Waals surface area contributed by atoms with E-state index in [2.05, 4.69) is 6.58 Å². The fraction of sp³-hybridized carbons (Fsp3) is 0.625. The van der Waals surface area contributed by atoms with Crippen LogP contribution in [0.5, 0.6) is 0 Å². The summed E-state index contributed by atoms with van der Waals surface area (Å²) in [5.41, 5.74) is 2.17. The Hall–Kier alpha value is -2.17. The van der Waals surface area contributed by atoms with E-state index >= 15 is 0 Å². The molecule has 0 aromatic rings. The molecule has 0 heterocycles. The molecule has 0 aliphatic heterocycles. The van der Waals surface area contributed by atoms with E-state index in [1.165, 1.54) is 13.8 Å². The van der Waals surface area contributed by atoms with Gasteiger partial charge in [0.1, 0.15) is 12.2 Å². The number of Topliss-reactive ketones (excluding diaryl/α,β-unsaturated/α-hetero) is 1. The summed E-state index contributed by atoms with van der Waals surface area (Å²) in [6.07, 6.45) is 5.47. The lowest BCUT2D eigenvalue weighted by Crippen LogP contribution is -2.40. The lowest BCUT2D eigenvalue weighted by Gasteiger charge is -2.38. The zero-order valence-corrected chi connectivity index (χ0v) is 18.5. The fourth-order valence-electron chi connectivity index (χ4n) is 4.93. The topological polar surface area (TPSA) is 69.7 Å². The molecule has 1 fully saturated rings. The number of esters is 2. The maximum absolute atomic E-state index is 13.0. The van der Waals surface area contributed by atoms with Gasteiger partial charge in [0.05, 0.1) is 0 Å². The SMILES string of the molecule is C=C(C)[C@@H]1[C@@H](OC(C)=O)C[C@]2(C)[C@H](OC(C)=O)/C=C(\C)CC/C=C(\C)C(=O)C[C@@H]12. The minimum absolute atomic E-state index is 0.0806. The molecule has 0 bridgehead atoms. The summed E-state index contributed by atoms with van der Waals surface area (Å²) in [5.74, 6) is -0.974. The first-order valence-electron chi connectivity index (χ1n) is 10.3. The Kier molecular flexibility index (Phi) is 7.25. The van der Waals surface area contributed by atoms with Crippen molar-refractivity contribution in [1.29, 1.82) is 0 Å². The third kappa shape index (κ3) is 5.26. The molecule has 160 valence electrons. The monoisotopic (exact) mass is 402 g/mol. The first-order chi connectivity index (χ1) is 13.5. The molecule has 0 aromatic carbocycles. The second-order valence-corrected chi connectivity index (χ2v) is 8.93. The van der Waals surface area contributed by atoms with Crippen LogP contribution in [0.3, 0.4) is 0 Å². The van der Waals surface area contributed by atoms with Crippen molar-refractivity contribution in [2.45, 2.75) is 79.4 Å². The third-order valence-corrected chi connectivity index (χ3v) is 6.42. The number of allylic oxidation sites excluding steroid dienone is 3. The van der Waals surface area contributed by atoms with Crippen molar-refractivity contribution in [3.8, 4) is 0 Å². The molecule has 1 saturated carbocycles. The summed E-state index contributed by atoms with van der Waals surface area (Å²) in [5, 5.41) is 0. The van der Waals surface area contributed by atoms with Crippen LogP contribution in [0.1, 0.15) is 67.2 Å². The second-order valence-electron chi connectivity index (χ2n) is 8.93. The van der Waals surface area contributed by atoms with E-state index in [9.17, 15) is 14.4 Å². The Morgan fingerprint density at radius 2 is 1.76 bits per heavy atom. The van der Waals surface area contributed by atoms with Crippen LogP contribution in [0, 0.1) is 17.3 Å². The van der Waals surface area contributed by atoms with Gasteiger partial charge < -0.3 is 9.47 Å². The van der Waals surface area contributed by atoms with Gasteiger partial charge in [-0.15, -0.1) is 0 Å². The first-order valence-corrected chi connectivity index (χ1v) is 10.3. The van der Waals surface area contributed by atoms with Crippen molar-refractivity contribution in [3.05, 3.63) is 35.5 Å². The van der Waals surface area contributed by atoms with Gasteiger partial charge in [0, 0.05) is 31.6 Å². The van der Waals surface area contributed by atoms with Crippen LogP contribution in [-0.2, 0) is 23.9 Å². The van der Waals surface area contributed by atoms with E-state index in [0.29, 0.717) is 12.8 Å². The minimum Gasteiger partial charge on any atom is -0.462 e. The van der Waals surface area contributed by atoms with Gasteiger partial charge in [-0.2, -0.15) is 0 Å². The first kappa shape index (κ1) is 23.1. The van der Waals surface area contributed by atoms with Crippen LogP contribution in [0.4, 0.5) is 0 Å². The van der Waals surface area contributed by atoms with Gasteiger partial charge in [0.2, 0.25) is 0 Å². The van der Waals surface area contributed by atoms with Crippen molar-refractivity contribution in [1.82, 2.24) is 0 Å². The number of ether oxygens (including phenoxy) is 2. The van der Waals surface area contributed by atoms with E-state index in [0.717, 1.165) is 29.6 Å². The predicted molar refractivity (Wildman–Crippen MR) is 112 cm³/mol. The normalized spacial score (nSPS) is 36.6. The number of carbonyl (C=O) groups excluding carboxylic acids is 3. The number of fused-ring (bicyclic) bond motifs is 1. The van der Waals surface area contributed by atoms with E-state index in [4.69, 9.17) is 9.47 Å². The lowest BCUT2D eigenvalue weighted by molar-refractivity contribution is -0.153. The molecule has 0 aromatic heterocycles. The summed E-state index contributed by atoms with van der Waals surface area (Å²) >= 11 is 0. The zero-order chi connectivity index (χ0) is 21.9. The quantitative estimate of drug-likeness (QED) is 0.505. The Morgan fingerprint density at radius 3 is 2.31 bits per heavy atom. The molecule has 0 amide bonds. The Morgan fingerprint density at radius 1 is 1.14 bits per heavy atom. The Bertz CT molecular complexity index is 759. The molecule has 0 spiro atoms. The van der Waals surface area contributed by atoms with Gasteiger partial charge in [-0.1, -0.05) is 30.7 Å². The smallest absolute Gasteiger partial charge is 0.303 e. The van der Waals surface area contributed by atoms with Crippen molar-refractivity contribution in [3.63, 3.8) is 0 Å². The highest BCUT2D eigenvalue weighted by atomic mass is 16.6. The molecule has 0 radical (unpaired) electrons. The average Bonchev–Trinajstić information content (AvgIpc) is 2.84. The maximum atomic E-state index is 13.0. The summed E-state index contributed by atoms with van der Waals surface area (Å²) < 4.78 is 11.4. The Balaban J connectivity index is 2.63. The number of hydrogen-bond donors (Lipinski definition) is 0. The molecule has 0 saturated heterocycles. The van der Waals surface area contributed by atoms with E-state index in [1.54, 1.807) is 0 Å². The predicted octanol–water partition coefficient (Wildman–Crippen LogP) is 4.71. The fourth-order valence-corrected chi connectivity index (χ4v) is 4.93. The number of rotatable bonds is 3. The highest BCUT2D eigenvalue weighted by Gasteiger charge is 2.57. The molecule has 2 aliphatic carbocycles. The molecule has 0 N–H and O–H groups in total. The van der Waals surface area contributed by atoms with Gasteiger partial charge in [0.25, 0.3) is 0 Å². The maximum Gasteiger partial charge on any atom is 0.303 e. The average molecular weight is 403 g/mol. The highest BCUT2D eigenvalue weighted by molar-refractivity contribution is 5.95. The van der Waals surface area contributed by atoms with Crippen LogP contribution in [0.15, 0.2) is 35.5 Å². The molecular formula is C24H34O5. The van der Waals surface area contributed by atoms with Gasteiger partial charge in [-0.05, 0) is 57.6 Å². The molecule has 5 atom stereocenters. The van der Waals surface area contributed by atoms with Gasteiger partial charge in [-0.25, -0.2) is 0 Å². The summed E-state index contributed by atoms with van der Waals surface area (Å²) in [6.45, 7) is 14.8. The van der Waals surface area contributed by atoms with Crippen molar-refractivity contribution in [2.75, 3.05) is 0 Å². The molecule has 2 rings (SSSR count). The molecule has 5 nitrogen and oxygen atoms in total. The van der Waals surface area contributed by atoms with Crippen molar-refractivity contribution < 1.29 is 23.9 Å². The van der Waals surface area contributed by atoms with Gasteiger partial charge in [0.15, 0.2) is 5.78 Å². The van der Waals surface area contributed by atoms with Crippen molar-refractivity contribution >= 4 is 17.7 Å². The Labute approximate surface area is 174 Å². The van der Waals surface area contributed by atoms with Crippen LogP contribution < -0.4 is 0 Å². The van der Waals surface area contributed by atoms with E-state index < -0.39 is 17.6 Å². The summed E-state index contributed by atoms with van der Waals surface area (Å²) in [4.78, 5) is 36.7. The largest absolute Gasteiger partial charge is 0.462 e. The van der Waals surface area contributed by atoms with Gasteiger partial charge in [-0.3, -0.25) is 14.4 Å². The second kappa shape index (κ2) is 9.10. The highest BCUT2D eigenvalue weighted by Crippen LogP contribution is 2.55. The minimum atomic E-state index is -0.559. The summed E-state index contributed by atoms with van der Waals surface area (Å²) in [7, 11) is 0. The lowest BCUT2D eigenvalue weighted by atomic mass is 9.69. The van der Waals surface area contributed by atoms with Crippen LogP contribution in [0.25, 0.3) is 0 Å². The molecular weight excluding hydrogens is 368 g/mol. The van der Waals surface area contributed by atoms with Crippen LogP contribution in [0.2, 0.25) is 0 Å². The molecule has 2 aliphatic rings. The third-order valence-electron chi connectivity index (χ3n) is 6.42. The van der Waals surface area contributed by atoms with Crippen molar-refractivity contribution in [2.24, 2.45) is 17.3 Å². The van der Waals surface area contributed by atoms with Crippen LogP contribution >= 0.6 is 0 Å². The van der Waals surface area contributed by atoms with E-state index in [1.807, 2.05) is 39.8 Å². The molecule has 29 heavy (non-hydrogen) atoms. The van der Waals surface area contributed by atoms with E-state index in [-0.39, 0.29) is 29.6 Å². The number of carbonyl (C=O) groups is 3. The number of ketones is 1. The van der Waals surface area contributed by atoms with Crippen LogP contribution in [-0.4, -0.2) is 29.9 Å². The standard InChI is InChI=1S/C24H34O5/c1-14(2)23-19-12-20(27)16(4)10-8-9-15(3)11-22(29-18(6)26)24(19,7)13-21(23)28-17(5)25/h10-11,19,21-23H,1,8-9,12-13H2,2-7H3/b15-11+,16-10+/t19-,21-,22+,23-,24-/m0/s1. The van der Waals surface area contributed by atoms with Gasteiger partial charge >= 0.3 is 11.9 Å².